The zero-order valence-corrected chi connectivity index (χ0v) is 32.6. The van der Waals surface area contributed by atoms with Crippen molar-refractivity contribution in [1.82, 2.24) is 58.1 Å². The topological polar surface area (TPSA) is 170 Å². The number of carboxylic acid groups (broad SMARTS) is 2. The van der Waals surface area contributed by atoms with Gasteiger partial charge in [0.25, 0.3) is 0 Å². The van der Waals surface area contributed by atoms with Crippen molar-refractivity contribution in [3.63, 3.8) is 0 Å². The molecule has 0 fully saturated rings. The molecule has 19 heteroatoms. The van der Waals surface area contributed by atoms with Gasteiger partial charge >= 0.3 is 47.2 Å². The largest absolute Gasteiger partial charge is 2.00 e. The summed E-state index contributed by atoms with van der Waals surface area (Å²) in [4.78, 5) is 8.33. The molecule has 6 heterocycles. The van der Waals surface area contributed by atoms with Crippen LogP contribution in [0.15, 0.2) is 36.4 Å². The van der Waals surface area contributed by atoms with Crippen LogP contribution >= 0.6 is 0 Å². The molecule has 0 N–H and O–H groups in total. The Kier molecular flexibility index (Phi) is 14.3. The van der Waals surface area contributed by atoms with E-state index in [1.807, 2.05) is 41.5 Å². The Morgan fingerprint density at radius 2 is 0.520 bits per heavy atom. The molecule has 0 aliphatic carbocycles. The van der Waals surface area contributed by atoms with Gasteiger partial charge in [-0.25, -0.2) is 30.6 Å². The smallest absolute Gasteiger partial charge is 0.652 e. The number of carbonyl (C=O) groups excluding carboxylic acids is 1. The summed E-state index contributed by atoms with van der Waals surface area (Å²) in [7, 11) is -2.52. The van der Waals surface area contributed by atoms with Gasteiger partial charge in [-0.3, -0.25) is 0 Å². The summed E-state index contributed by atoms with van der Waals surface area (Å²) in [5.41, 5.74) is 12.8. The molecule has 0 saturated heterocycles. The summed E-state index contributed by atoms with van der Waals surface area (Å²) in [6.45, 7) is 24.6. The number of hydrogen-bond donors (Lipinski definition) is 0. The van der Waals surface area contributed by atoms with Crippen LogP contribution in [0, 0.1) is 83.1 Å². The van der Waals surface area contributed by atoms with Crippen LogP contribution < -0.4 is 10.2 Å². The summed E-state index contributed by atoms with van der Waals surface area (Å²) in [5.74, 6) is 0. The van der Waals surface area contributed by atoms with Crippen molar-refractivity contribution < 1.29 is 48.0 Å². The number of aryl methyl sites for hydroxylation is 12. The monoisotopic (exact) mass is 770 g/mol. The van der Waals surface area contributed by atoms with Crippen LogP contribution in [0.4, 0.5) is 4.79 Å². The van der Waals surface area contributed by atoms with Crippen LogP contribution in [0.3, 0.4) is 0 Å². The molecule has 0 amide bonds. The van der Waals surface area contributed by atoms with E-state index in [-0.39, 0.29) is 33.0 Å². The third kappa shape index (κ3) is 9.45. The second-order valence-electron chi connectivity index (χ2n) is 12.7. The van der Waals surface area contributed by atoms with E-state index in [0.29, 0.717) is 0 Å². The van der Waals surface area contributed by atoms with Crippen LogP contribution in [-0.2, 0) is 33.0 Å². The van der Waals surface area contributed by atoms with Crippen LogP contribution in [0.5, 0.6) is 0 Å². The van der Waals surface area contributed by atoms with Crippen LogP contribution in [0.1, 0.15) is 68.3 Å². The predicted octanol–water partition coefficient (Wildman–Crippen LogP) is 1.13. The second kappa shape index (κ2) is 17.0. The molecule has 0 radical (unpaired) electrons. The number of nitrogens with zero attached hydrogens (tertiary/aromatic N) is 12. The quantitative estimate of drug-likeness (QED) is 0.225. The average Bonchev–Trinajstić information content (AvgIpc) is 3.79. The predicted molar refractivity (Wildman–Crippen MR) is 182 cm³/mol. The Bertz CT molecular complexity index is 1690. The molecular formula is C31H44B2N12Ni2O3. The summed E-state index contributed by atoms with van der Waals surface area (Å²) in [6, 6.07) is 12.6. The van der Waals surface area contributed by atoms with Gasteiger partial charge in [0.05, 0.1) is 34.2 Å². The molecule has 6 rings (SSSR count). The van der Waals surface area contributed by atoms with E-state index in [1.54, 1.807) is 0 Å². The van der Waals surface area contributed by atoms with Crippen molar-refractivity contribution in [2.45, 2.75) is 83.1 Å². The molecule has 0 unspecified atom stereocenters. The summed E-state index contributed by atoms with van der Waals surface area (Å²) >= 11 is 0. The molecule has 0 atom stereocenters. The van der Waals surface area contributed by atoms with Crippen molar-refractivity contribution in [3.05, 3.63) is 105 Å². The third-order valence-corrected chi connectivity index (χ3v) is 8.23. The maximum absolute atomic E-state index is 8.33. The van der Waals surface area contributed by atoms with Gasteiger partial charge in [-0.1, -0.05) is 0 Å². The summed E-state index contributed by atoms with van der Waals surface area (Å²) in [6.07, 6.45) is -2.33. The zero-order valence-electron chi connectivity index (χ0n) is 30.6. The van der Waals surface area contributed by atoms with Crippen molar-refractivity contribution in [1.29, 1.82) is 0 Å². The Balaban J connectivity index is 0.000000303. The SMILES string of the molecule is Cc1cc(C)n([BH-](n2nc(C)cc2C)n2nc(C)cc2C)n1.Cc1cc(C)n([BH-](n2nc(C)cc2C)n2nc(C)cc2C)n1.O=C([O-])[O-].[Ni+2].[Ni+2]. The molecule has 50 heavy (non-hydrogen) atoms. The van der Waals surface area contributed by atoms with Gasteiger partial charge in [-0.2, -0.15) is 0 Å². The minimum atomic E-state index is -2.33. The van der Waals surface area contributed by atoms with E-state index in [2.05, 4.69) is 105 Å². The molecule has 272 valence electrons. The molecule has 6 aromatic rings. The van der Waals surface area contributed by atoms with E-state index in [0.717, 1.165) is 68.3 Å². The molecule has 6 aromatic heterocycles. The molecule has 0 saturated carbocycles. The molecule has 0 spiro atoms. The number of rotatable bonds is 6. The van der Waals surface area contributed by atoms with Gasteiger partial charge in [0, 0.05) is 0 Å². The summed E-state index contributed by atoms with van der Waals surface area (Å²) in [5, 5.41) is 44.8. The van der Waals surface area contributed by atoms with Crippen LogP contribution in [0.2, 0.25) is 0 Å². The fourth-order valence-electron chi connectivity index (χ4n) is 6.53. The van der Waals surface area contributed by atoms with E-state index in [9.17, 15) is 0 Å². The minimum absolute atomic E-state index is 0. The molecular weight excluding hydrogens is 727 g/mol. The van der Waals surface area contributed by atoms with Gasteiger partial charge in [0.2, 0.25) is 0 Å². The molecule has 15 nitrogen and oxygen atoms in total. The van der Waals surface area contributed by atoms with E-state index < -0.39 is 20.4 Å². The Labute approximate surface area is 313 Å². The van der Waals surface area contributed by atoms with E-state index >= 15 is 0 Å². The Hall–Kier alpha value is -4.35. The van der Waals surface area contributed by atoms with Crippen LogP contribution in [0.25, 0.3) is 0 Å². The molecule has 0 bridgehead atoms. The van der Waals surface area contributed by atoms with Gasteiger partial charge in [0.1, 0.15) is 0 Å². The third-order valence-electron chi connectivity index (χ3n) is 8.23. The standard InChI is InChI=1S/2C15H22BN6.CH2O3.2Ni/c2*1-10-7-13(4)20(17-10)16(21-14(5)8-11(2)18-21)22-15(6)9-12(3)19-22;2-1(3)4;;/h2*7-9,16H,1-6H3;(H2,2,3,4);;/q2*-1;;2*+2/p-2. The van der Waals surface area contributed by atoms with Crippen molar-refractivity contribution >= 4 is 20.4 Å². The first-order valence-corrected chi connectivity index (χ1v) is 15.9. The van der Waals surface area contributed by atoms with E-state index in [1.165, 1.54) is 0 Å². The average molecular weight is 772 g/mol. The molecule has 0 aliphatic rings. The van der Waals surface area contributed by atoms with Gasteiger partial charge in [0.15, 0.2) is 0 Å². The van der Waals surface area contributed by atoms with Crippen LogP contribution in [-0.4, -0.2) is 78.5 Å². The molecule has 0 aromatic carbocycles. The molecule has 0 aliphatic heterocycles. The van der Waals surface area contributed by atoms with Gasteiger partial charge in [-0.15, -0.1) is 0 Å². The first-order chi connectivity index (χ1) is 22.5. The maximum Gasteiger partial charge on any atom is 2.00 e. The first-order valence-electron chi connectivity index (χ1n) is 15.9. The Morgan fingerprint density at radius 3 is 0.600 bits per heavy atom. The fraction of sp³-hybridized carbons (Fsp3) is 0.387. The number of carbonyl (C=O) groups is 1. The van der Waals surface area contributed by atoms with Crippen molar-refractivity contribution in [3.8, 4) is 0 Å². The minimum Gasteiger partial charge on any atom is -0.652 e. The number of aromatic nitrogens is 12. The van der Waals surface area contributed by atoms with E-state index in [4.69, 9.17) is 45.6 Å². The second-order valence-corrected chi connectivity index (χ2v) is 12.7. The first kappa shape index (κ1) is 41.8. The number of hydrogen-bond acceptors (Lipinski definition) is 9. The van der Waals surface area contributed by atoms with Crippen molar-refractivity contribution in [2.75, 3.05) is 0 Å². The fourth-order valence-corrected chi connectivity index (χ4v) is 6.53. The van der Waals surface area contributed by atoms with Gasteiger partial charge < -0.3 is 42.6 Å². The Morgan fingerprint density at radius 1 is 0.400 bits per heavy atom. The maximum atomic E-state index is 8.33. The van der Waals surface area contributed by atoms with Crippen molar-refractivity contribution in [2.24, 2.45) is 0 Å². The summed E-state index contributed by atoms with van der Waals surface area (Å²) < 4.78 is 12.4. The van der Waals surface area contributed by atoms with Gasteiger partial charge in [-0.05, 0) is 160 Å². The zero-order chi connectivity index (χ0) is 35.6. The normalized spacial score (nSPS) is 10.7.